The summed E-state index contributed by atoms with van der Waals surface area (Å²) in [6.45, 7) is 6.47. The van der Waals surface area contributed by atoms with E-state index in [1.807, 2.05) is 20.8 Å². The van der Waals surface area contributed by atoms with Crippen LogP contribution in [0.5, 0.6) is 0 Å². The van der Waals surface area contributed by atoms with Crippen LogP contribution in [-0.4, -0.2) is 46.5 Å². The van der Waals surface area contributed by atoms with Crippen molar-refractivity contribution >= 4 is 28.3 Å². The Morgan fingerprint density at radius 1 is 1.16 bits per heavy atom. The third-order valence-corrected chi connectivity index (χ3v) is 5.61. The topological polar surface area (TPSA) is 71.5 Å². The largest absolute Gasteiger partial charge is 0.444 e. The molecule has 1 aliphatic heterocycles. The van der Waals surface area contributed by atoms with Gasteiger partial charge in [-0.2, -0.15) is 13.2 Å². The Morgan fingerprint density at radius 3 is 2.42 bits per heavy atom. The summed E-state index contributed by atoms with van der Waals surface area (Å²) in [5.74, 6) is -0.710. The Hall–Kier alpha value is -2.62. The Morgan fingerprint density at radius 2 is 1.81 bits per heavy atom. The van der Waals surface area contributed by atoms with E-state index in [1.54, 1.807) is 4.90 Å². The molecule has 1 aromatic carbocycles. The van der Waals surface area contributed by atoms with Gasteiger partial charge in [-0.3, -0.25) is 4.79 Å². The lowest BCUT2D eigenvalue weighted by atomic mass is 10.0. The smallest absolute Gasteiger partial charge is 0.417 e. The van der Waals surface area contributed by atoms with Crippen molar-refractivity contribution < 1.29 is 27.5 Å². The number of hydrogen-bond donors (Lipinski definition) is 1. The van der Waals surface area contributed by atoms with Crippen LogP contribution in [0.4, 0.5) is 23.1 Å². The van der Waals surface area contributed by atoms with Gasteiger partial charge in [-0.15, -0.1) is 0 Å². The molecular formula is C21H24F3N3O3S. The van der Waals surface area contributed by atoms with E-state index in [2.05, 4.69) is 10.3 Å². The summed E-state index contributed by atoms with van der Waals surface area (Å²) in [6.07, 6.45) is -2.34. The number of aromatic nitrogens is 1. The molecule has 0 atom stereocenters. The number of carbonyl (C=O) groups is 2. The Balaban J connectivity index is 1.61. The van der Waals surface area contributed by atoms with Crippen LogP contribution < -0.4 is 5.32 Å². The summed E-state index contributed by atoms with van der Waals surface area (Å²) in [5, 5.41) is 3.68. The average Bonchev–Trinajstić information content (AvgIpc) is 3.14. The van der Waals surface area contributed by atoms with Crippen molar-refractivity contribution in [2.75, 3.05) is 18.4 Å². The van der Waals surface area contributed by atoms with E-state index >= 15 is 0 Å². The number of carbonyl (C=O) groups excluding carboxylic acids is 2. The molecule has 3 rings (SSSR count). The van der Waals surface area contributed by atoms with E-state index in [0.717, 1.165) is 17.4 Å². The minimum Gasteiger partial charge on any atom is -0.444 e. The molecule has 0 bridgehead atoms. The maximum Gasteiger partial charge on any atom is 0.417 e. The summed E-state index contributed by atoms with van der Waals surface area (Å²) in [4.78, 5) is 30.7. The molecule has 0 saturated carbocycles. The molecule has 6 nitrogen and oxygen atoms in total. The molecule has 10 heteroatoms. The predicted octanol–water partition coefficient (Wildman–Crippen LogP) is 5.20. The van der Waals surface area contributed by atoms with Crippen LogP contribution in [0.25, 0.3) is 0 Å². The molecule has 0 aliphatic carbocycles. The van der Waals surface area contributed by atoms with Gasteiger partial charge in [-0.25, -0.2) is 9.78 Å². The number of likely N-dealkylation sites (tertiary alicyclic amines) is 1. The Bertz CT molecular complexity index is 945. The first-order chi connectivity index (χ1) is 14.4. The second kappa shape index (κ2) is 8.86. The number of nitrogens with one attached hydrogen (secondary N) is 1. The van der Waals surface area contributed by atoms with E-state index in [-0.39, 0.29) is 17.0 Å². The number of thiazole rings is 1. The molecule has 168 valence electrons. The van der Waals surface area contributed by atoms with E-state index in [1.165, 1.54) is 24.4 Å². The molecule has 0 unspecified atom stereocenters. The van der Waals surface area contributed by atoms with Crippen molar-refractivity contribution in [2.24, 2.45) is 0 Å². The summed E-state index contributed by atoms with van der Waals surface area (Å²) >= 11 is 1.02. The lowest BCUT2D eigenvalue weighted by molar-refractivity contribution is -0.137. The summed E-state index contributed by atoms with van der Waals surface area (Å²) in [5.41, 5.74) is -1.91. The van der Waals surface area contributed by atoms with Crippen LogP contribution in [0.3, 0.4) is 0 Å². The van der Waals surface area contributed by atoms with Gasteiger partial charge >= 0.3 is 12.3 Å². The number of anilines is 1. The first-order valence-electron chi connectivity index (χ1n) is 9.85. The van der Waals surface area contributed by atoms with Gasteiger partial charge in [-0.1, -0.05) is 29.5 Å². The summed E-state index contributed by atoms with van der Waals surface area (Å²) in [6, 6.07) is 4.76. The number of ether oxygens (including phenoxy) is 1. The highest BCUT2D eigenvalue weighted by Gasteiger charge is 2.35. The number of hydrogen-bond acceptors (Lipinski definition) is 6. The van der Waals surface area contributed by atoms with Crippen molar-refractivity contribution in [3.63, 3.8) is 0 Å². The third-order valence-electron chi connectivity index (χ3n) is 4.68. The standard InChI is InChI=1S/C21H24F3N3O3S/c1-20(2,3)30-19(29)27-10-8-13(9-11-27)26-18-25-12-16(31-18)17(28)14-6-4-5-7-15(14)21(22,23)24/h4-7,12-13H,8-11H2,1-3H3,(H,25,26). The van der Waals surface area contributed by atoms with Gasteiger partial charge in [0, 0.05) is 24.7 Å². The Labute approximate surface area is 182 Å². The molecule has 1 aliphatic rings. The lowest BCUT2D eigenvalue weighted by Gasteiger charge is -2.33. The maximum atomic E-state index is 13.2. The van der Waals surface area contributed by atoms with E-state index in [0.29, 0.717) is 31.1 Å². The number of benzene rings is 1. The highest BCUT2D eigenvalue weighted by atomic mass is 32.1. The number of alkyl halides is 3. The van der Waals surface area contributed by atoms with Crippen molar-refractivity contribution in [1.29, 1.82) is 0 Å². The minimum absolute atomic E-state index is 0.0373. The highest BCUT2D eigenvalue weighted by Crippen LogP contribution is 2.34. The fourth-order valence-electron chi connectivity index (χ4n) is 3.21. The average molecular weight is 456 g/mol. The fourth-order valence-corrected chi connectivity index (χ4v) is 4.06. The van der Waals surface area contributed by atoms with Gasteiger partial charge in [0.1, 0.15) is 5.60 Å². The van der Waals surface area contributed by atoms with Crippen molar-refractivity contribution in [3.8, 4) is 0 Å². The maximum absolute atomic E-state index is 13.2. The van der Waals surface area contributed by atoms with Crippen LogP contribution in [0.2, 0.25) is 0 Å². The lowest BCUT2D eigenvalue weighted by Crippen LogP contribution is -2.44. The molecule has 1 amide bonds. The molecule has 2 heterocycles. The zero-order valence-electron chi connectivity index (χ0n) is 17.5. The van der Waals surface area contributed by atoms with Gasteiger partial charge in [0.25, 0.3) is 0 Å². The van der Waals surface area contributed by atoms with Crippen LogP contribution in [-0.2, 0) is 10.9 Å². The third kappa shape index (κ3) is 5.96. The van der Waals surface area contributed by atoms with E-state index in [4.69, 9.17) is 4.74 Å². The second-order valence-corrected chi connectivity index (χ2v) is 9.32. The summed E-state index contributed by atoms with van der Waals surface area (Å²) in [7, 11) is 0. The van der Waals surface area contributed by atoms with Gasteiger partial charge in [0.05, 0.1) is 16.6 Å². The zero-order valence-corrected chi connectivity index (χ0v) is 18.3. The first kappa shape index (κ1) is 23.1. The van der Waals surface area contributed by atoms with E-state index in [9.17, 15) is 22.8 Å². The normalized spacial score (nSPS) is 15.6. The molecule has 1 aromatic heterocycles. The van der Waals surface area contributed by atoms with E-state index < -0.39 is 28.7 Å². The SMILES string of the molecule is CC(C)(C)OC(=O)N1CCC(Nc2ncc(C(=O)c3ccccc3C(F)(F)F)s2)CC1. The minimum atomic E-state index is -4.61. The molecule has 1 N–H and O–H groups in total. The van der Waals surface area contributed by atoms with Crippen LogP contribution >= 0.6 is 11.3 Å². The predicted molar refractivity (Wildman–Crippen MR) is 111 cm³/mol. The van der Waals surface area contributed by atoms with Gasteiger partial charge in [0.2, 0.25) is 5.78 Å². The zero-order chi connectivity index (χ0) is 22.8. The van der Waals surface area contributed by atoms with Gasteiger partial charge in [0.15, 0.2) is 5.13 Å². The number of halogens is 3. The first-order valence-corrected chi connectivity index (χ1v) is 10.7. The van der Waals surface area contributed by atoms with Crippen molar-refractivity contribution in [1.82, 2.24) is 9.88 Å². The van der Waals surface area contributed by atoms with Crippen LogP contribution in [0, 0.1) is 0 Å². The highest BCUT2D eigenvalue weighted by molar-refractivity contribution is 7.17. The number of amides is 1. The van der Waals surface area contributed by atoms with Crippen LogP contribution in [0.1, 0.15) is 54.4 Å². The number of nitrogens with zero attached hydrogens (tertiary/aromatic N) is 2. The number of rotatable bonds is 4. The number of ketones is 1. The monoisotopic (exact) mass is 455 g/mol. The molecular weight excluding hydrogens is 431 g/mol. The molecule has 1 saturated heterocycles. The van der Waals surface area contributed by atoms with Gasteiger partial charge in [-0.05, 0) is 39.7 Å². The molecule has 2 aromatic rings. The van der Waals surface area contributed by atoms with Gasteiger partial charge < -0.3 is 15.0 Å². The molecule has 31 heavy (non-hydrogen) atoms. The van der Waals surface area contributed by atoms with Crippen molar-refractivity contribution in [2.45, 2.75) is 51.4 Å². The fraction of sp³-hybridized carbons (Fsp3) is 0.476. The summed E-state index contributed by atoms with van der Waals surface area (Å²) < 4.78 is 45.0. The second-order valence-electron chi connectivity index (χ2n) is 8.29. The Kier molecular flexibility index (Phi) is 6.59. The number of piperidine rings is 1. The van der Waals surface area contributed by atoms with Crippen LogP contribution in [0.15, 0.2) is 30.5 Å². The van der Waals surface area contributed by atoms with Crippen molar-refractivity contribution in [3.05, 3.63) is 46.5 Å². The molecule has 1 fully saturated rings. The molecule has 0 radical (unpaired) electrons. The quantitative estimate of drug-likeness (QED) is 0.642. The molecule has 0 spiro atoms.